The lowest BCUT2D eigenvalue weighted by Gasteiger charge is -2.33. The molecule has 0 unspecified atom stereocenters. The van der Waals surface area contributed by atoms with Crippen LogP contribution in [0.25, 0.3) is 0 Å². The van der Waals surface area contributed by atoms with Gasteiger partial charge in [0.15, 0.2) is 5.11 Å². The molecule has 0 saturated carbocycles. The van der Waals surface area contributed by atoms with Gasteiger partial charge < -0.3 is 10.2 Å². The molecule has 98 valence electrons. The van der Waals surface area contributed by atoms with Crippen molar-refractivity contribution >= 4 is 34.6 Å². The molecule has 0 amide bonds. The maximum atomic E-state index is 5.95. The molecule has 2 rings (SSSR count). The molecule has 18 heavy (non-hydrogen) atoms. The van der Waals surface area contributed by atoms with Crippen LogP contribution in [-0.4, -0.2) is 23.1 Å². The van der Waals surface area contributed by atoms with Crippen molar-refractivity contribution in [3.8, 4) is 0 Å². The highest BCUT2D eigenvalue weighted by molar-refractivity contribution is 7.80. The Kier molecular flexibility index (Phi) is 4.46. The number of nitrogens with one attached hydrogen (secondary N) is 1. The number of hydrogen-bond acceptors (Lipinski definition) is 1. The Morgan fingerprint density at radius 3 is 2.94 bits per heavy atom. The molecule has 2 nitrogen and oxygen atoms in total. The van der Waals surface area contributed by atoms with Gasteiger partial charge in [-0.05, 0) is 61.7 Å². The maximum absolute atomic E-state index is 5.95. The normalized spacial score (nSPS) is 19.7. The van der Waals surface area contributed by atoms with E-state index in [4.69, 9.17) is 23.8 Å². The molecule has 1 atom stereocenters. The summed E-state index contributed by atoms with van der Waals surface area (Å²) in [4.78, 5) is 2.26. The molecule has 1 saturated heterocycles. The molecular formula is C14H19ClN2S. The van der Waals surface area contributed by atoms with Crippen LogP contribution < -0.4 is 5.32 Å². The summed E-state index contributed by atoms with van der Waals surface area (Å²) in [6.45, 7) is 6.43. The number of thiocarbonyl (C=S) groups is 1. The number of halogens is 1. The number of likely N-dealkylation sites (tertiary alicyclic amines) is 1. The van der Waals surface area contributed by atoms with Crippen molar-refractivity contribution in [2.24, 2.45) is 5.92 Å². The molecule has 0 radical (unpaired) electrons. The van der Waals surface area contributed by atoms with Crippen LogP contribution in [0.3, 0.4) is 0 Å². The Hall–Kier alpha value is -0.800. The predicted molar refractivity (Wildman–Crippen MR) is 82.4 cm³/mol. The molecule has 0 spiro atoms. The topological polar surface area (TPSA) is 15.3 Å². The first kappa shape index (κ1) is 13.6. The van der Waals surface area contributed by atoms with Gasteiger partial charge in [-0.3, -0.25) is 0 Å². The first-order valence-corrected chi connectivity index (χ1v) is 7.17. The van der Waals surface area contributed by atoms with Crippen LogP contribution in [-0.2, 0) is 0 Å². The minimum atomic E-state index is 0.727. The second-order valence-corrected chi connectivity index (χ2v) is 5.91. The molecule has 1 aliphatic heterocycles. The molecule has 1 heterocycles. The Balaban J connectivity index is 2.02. The van der Waals surface area contributed by atoms with E-state index < -0.39 is 0 Å². The average molecular weight is 283 g/mol. The summed E-state index contributed by atoms with van der Waals surface area (Å²) >= 11 is 11.4. The van der Waals surface area contributed by atoms with E-state index in [1.807, 2.05) is 25.1 Å². The number of benzene rings is 1. The average Bonchev–Trinajstić information content (AvgIpc) is 2.32. The molecule has 0 aromatic heterocycles. The van der Waals surface area contributed by atoms with E-state index in [2.05, 4.69) is 17.1 Å². The molecule has 1 fully saturated rings. The minimum absolute atomic E-state index is 0.727. The standard InChI is InChI=1S/C14H19ClN2S/c1-10-4-3-7-17(9-10)14(18)16-13-6-5-12(15)8-11(13)2/h5-6,8,10H,3-4,7,9H2,1-2H3,(H,16,18)/t10-/m0/s1. The van der Waals surface area contributed by atoms with Gasteiger partial charge in [-0.1, -0.05) is 18.5 Å². The Labute approximate surface area is 119 Å². The lowest BCUT2D eigenvalue weighted by atomic mass is 10.0. The van der Waals surface area contributed by atoms with Crippen LogP contribution in [0.2, 0.25) is 5.02 Å². The first-order valence-electron chi connectivity index (χ1n) is 6.38. The van der Waals surface area contributed by atoms with Gasteiger partial charge in [0.05, 0.1) is 0 Å². The lowest BCUT2D eigenvalue weighted by Crippen LogP contribution is -2.41. The summed E-state index contributed by atoms with van der Waals surface area (Å²) in [5.74, 6) is 0.727. The Morgan fingerprint density at radius 2 is 2.28 bits per heavy atom. The fraction of sp³-hybridized carbons (Fsp3) is 0.500. The van der Waals surface area contributed by atoms with Crippen molar-refractivity contribution in [3.05, 3.63) is 28.8 Å². The number of aryl methyl sites for hydroxylation is 1. The van der Waals surface area contributed by atoms with Crippen LogP contribution in [0, 0.1) is 12.8 Å². The fourth-order valence-electron chi connectivity index (χ4n) is 2.34. The molecule has 0 aliphatic carbocycles. The molecular weight excluding hydrogens is 264 g/mol. The van der Waals surface area contributed by atoms with Crippen molar-refractivity contribution in [1.29, 1.82) is 0 Å². The zero-order valence-corrected chi connectivity index (χ0v) is 12.4. The summed E-state index contributed by atoms with van der Waals surface area (Å²) in [6.07, 6.45) is 2.53. The second-order valence-electron chi connectivity index (χ2n) is 5.08. The van der Waals surface area contributed by atoms with E-state index in [-0.39, 0.29) is 0 Å². The van der Waals surface area contributed by atoms with Gasteiger partial charge in [0.2, 0.25) is 0 Å². The zero-order chi connectivity index (χ0) is 13.1. The highest BCUT2D eigenvalue weighted by Gasteiger charge is 2.18. The Morgan fingerprint density at radius 1 is 1.50 bits per heavy atom. The Bertz CT molecular complexity index is 447. The quantitative estimate of drug-likeness (QED) is 0.782. The van der Waals surface area contributed by atoms with Gasteiger partial charge in [0.1, 0.15) is 0 Å². The third-order valence-corrected chi connectivity index (χ3v) is 3.97. The molecule has 1 N–H and O–H groups in total. The van der Waals surface area contributed by atoms with Gasteiger partial charge in [0.25, 0.3) is 0 Å². The summed E-state index contributed by atoms with van der Waals surface area (Å²) in [5, 5.41) is 4.91. The van der Waals surface area contributed by atoms with Gasteiger partial charge in [-0.25, -0.2) is 0 Å². The van der Waals surface area contributed by atoms with Crippen LogP contribution in [0.15, 0.2) is 18.2 Å². The molecule has 4 heteroatoms. The van der Waals surface area contributed by atoms with E-state index in [0.717, 1.165) is 40.4 Å². The number of piperidine rings is 1. The summed E-state index contributed by atoms with van der Waals surface area (Å²) < 4.78 is 0. The summed E-state index contributed by atoms with van der Waals surface area (Å²) in [6, 6.07) is 5.82. The molecule has 1 aromatic carbocycles. The molecule has 1 aromatic rings. The monoisotopic (exact) mass is 282 g/mol. The third-order valence-electron chi connectivity index (χ3n) is 3.37. The largest absolute Gasteiger partial charge is 0.349 e. The van der Waals surface area contributed by atoms with Gasteiger partial charge in [-0.15, -0.1) is 0 Å². The predicted octanol–water partition coefficient (Wildman–Crippen LogP) is 4.08. The van der Waals surface area contributed by atoms with E-state index >= 15 is 0 Å². The van der Waals surface area contributed by atoms with Crippen molar-refractivity contribution in [2.75, 3.05) is 18.4 Å². The van der Waals surface area contributed by atoms with E-state index in [9.17, 15) is 0 Å². The summed E-state index contributed by atoms with van der Waals surface area (Å²) in [7, 11) is 0. The van der Waals surface area contributed by atoms with Gasteiger partial charge in [-0.2, -0.15) is 0 Å². The minimum Gasteiger partial charge on any atom is -0.349 e. The van der Waals surface area contributed by atoms with Crippen LogP contribution in [0.1, 0.15) is 25.3 Å². The zero-order valence-electron chi connectivity index (χ0n) is 10.9. The third kappa shape index (κ3) is 3.36. The highest BCUT2D eigenvalue weighted by Crippen LogP contribution is 2.21. The van der Waals surface area contributed by atoms with Crippen molar-refractivity contribution in [1.82, 2.24) is 4.90 Å². The maximum Gasteiger partial charge on any atom is 0.173 e. The van der Waals surface area contributed by atoms with Crippen LogP contribution >= 0.6 is 23.8 Å². The lowest BCUT2D eigenvalue weighted by molar-refractivity contribution is 0.276. The smallest absolute Gasteiger partial charge is 0.173 e. The number of anilines is 1. The van der Waals surface area contributed by atoms with Crippen LogP contribution in [0.5, 0.6) is 0 Å². The van der Waals surface area contributed by atoms with Crippen molar-refractivity contribution in [3.63, 3.8) is 0 Å². The second kappa shape index (κ2) is 5.89. The van der Waals surface area contributed by atoms with E-state index in [1.165, 1.54) is 12.8 Å². The first-order chi connectivity index (χ1) is 8.56. The van der Waals surface area contributed by atoms with Crippen molar-refractivity contribution < 1.29 is 0 Å². The van der Waals surface area contributed by atoms with Crippen molar-refractivity contribution in [2.45, 2.75) is 26.7 Å². The van der Waals surface area contributed by atoms with Gasteiger partial charge in [0, 0.05) is 23.8 Å². The highest BCUT2D eigenvalue weighted by atomic mass is 35.5. The SMILES string of the molecule is Cc1cc(Cl)ccc1NC(=S)N1CCC[C@H](C)C1. The fourth-order valence-corrected chi connectivity index (χ4v) is 2.84. The van der Waals surface area contributed by atoms with E-state index in [0.29, 0.717) is 0 Å². The molecule has 0 bridgehead atoms. The van der Waals surface area contributed by atoms with Crippen LogP contribution in [0.4, 0.5) is 5.69 Å². The number of hydrogen-bond donors (Lipinski definition) is 1. The number of rotatable bonds is 1. The van der Waals surface area contributed by atoms with Gasteiger partial charge >= 0.3 is 0 Å². The number of nitrogens with zero attached hydrogens (tertiary/aromatic N) is 1. The molecule has 1 aliphatic rings. The summed E-state index contributed by atoms with van der Waals surface area (Å²) in [5.41, 5.74) is 2.16. The van der Waals surface area contributed by atoms with E-state index in [1.54, 1.807) is 0 Å².